The number of nitrogens with one attached hydrogen (secondary N) is 1. The smallest absolute Gasteiger partial charge is 0.214 e. The number of hydrogen-bond donors (Lipinski definition) is 1. The van der Waals surface area contributed by atoms with E-state index in [0.717, 1.165) is 25.8 Å². The Morgan fingerprint density at radius 3 is 2.72 bits per heavy atom. The van der Waals surface area contributed by atoms with Crippen molar-refractivity contribution < 1.29 is 8.42 Å². The fraction of sp³-hybridized carbons (Fsp3) is 0.500. The average molecular weight is 361 g/mol. The van der Waals surface area contributed by atoms with E-state index in [1.54, 1.807) is 4.31 Å². The molecular weight excluding hydrogens is 332 g/mol. The van der Waals surface area contributed by atoms with Gasteiger partial charge in [0, 0.05) is 19.1 Å². The molecule has 1 aliphatic rings. The molecule has 1 saturated heterocycles. The quantitative estimate of drug-likeness (QED) is 0.769. The van der Waals surface area contributed by atoms with E-state index in [1.165, 1.54) is 16.3 Å². The van der Waals surface area contributed by atoms with E-state index >= 15 is 0 Å². The molecule has 0 bridgehead atoms. The molecule has 1 aliphatic heterocycles. The van der Waals surface area contributed by atoms with Crippen molar-refractivity contribution in [1.82, 2.24) is 9.62 Å². The summed E-state index contributed by atoms with van der Waals surface area (Å²) in [7, 11) is -3.11. The SMILES string of the molecule is C[C@H]1CCCCN1S(=O)(=O)CCCNCc1ccc2ccccc2c1. The number of nitrogens with zero attached hydrogens (tertiary/aromatic N) is 1. The van der Waals surface area contributed by atoms with Crippen LogP contribution in [0.15, 0.2) is 42.5 Å². The first kappa shape index (κ1) is 18.4. The zero-order chi connectivity index (χ0) is 17.7. The molecule has 5 heteroatoms. The molecular formula is C20H28N2O2S. The van der Waals surface area contributed by atoms with Crippen LogP contribution in [-0.2, 0) is 16.6 Å². The molecule has 4 nitrogen and oxygen atoms in total. The summed E-state index contributed by atoms with van der Waals surface area (Å²) in [4.78, 5) is 0. The first-order chi connectivity index (χ1) is 12.1. The van der Waals surface area contributed by atoms with Gasteiger partial charge >= 0.3 is 0 Å². The van der Waals surface area contributed by atoms with Crippen molar-refractivity contribution in [2.45, 2.75) is 45.2 Å². The van der Waals surface area contributed by atoms with Gasteiger partial charge in [-0.05, 0) is 55.1 Å². The number of rotatable bonds is 7. The van der Waals surface area contributed by atoms with Crippen molar-refractivity contribution >= 4 is 20.8 Å². The minimum absolute atomic E-state index is 0.157. The van der Waals surface area contributed by atoms with Gasteiger partial charge in [-0.2, -0.15) is 4.31 Å². The van der Waals surface area contributed by atoms with Gasteiger partial charge in [0.25, 0.3) is 0 Å². The van der Waals surface area contributed by atoms with E-state index in [1.807, 2.05) is 19.1 Å². The molecule has 2 aromatic rings. The number of piperidine rings is 1. The second-order valence-electron chi connectivity index (χ2n) is 6.98. The second-order valence-corrected chi connectivity index (χ2v) is 9.02. The minimum atomic E-state index is -3.11. The highest BCUT2D eigenvalue weighted by Crippen LogP contribution is 2.20. The second kappa shape index (κ2) is 8.30. The van der Waals surface area contributed by atoms with E-state index in [-0.39, 0.29) is 11.8 Å². The number of fused-ring (bicyclic) bond motifs is 1. The molecule has 0 radical (unpaired) electrons. The van der Waals surface area contributed by atoms with Crippen molar-refractivity contribution in [1.29, 1.82) is 0 Å². The predicted molar refractivity (Wildman–Crippen MR) is 104 cm³/mol. The van der Waals surface area contributed by atoms with Gasteiger partial charge in [-0.1, -0.05) is 42.8 Å². The third kappa shape index (κ3) is 4.81. The van der Waals surface area contributed by atoms with E-state index < -0.39 is 10.0 Å². The Balaban J connectivity index is 1.44. The van der Waals surface area contributed by atoms with Crippen molar-refractivity contribution in [3.63, 3.8) is 0 Å². The van der Waals surface area contributed by atoms with Crippen LogP contribution >= 0.6 is 0 Å². The number of benzene rings is 2. The largest absolute Gasteiger partial charge is 0.313 e. The molecule has 25 heavy (non-hydrogen) atoms. The number of hydrogen-bond acceptors (Lipinski definition) is 3. The van der Waals surface area contributed by atoms with Crippen LogP contribution in [0.1, 0.15) is 38.2 Å². The Bertz CT molecular complexity index is 804. The van der Waals surface area contributed by atoms with Crippen LogP contribution in [0.25, 0.3) is 10.8 Å². The third-order valence-electron chi connectivity index (χ3n) is 5.00. The Hall–Kier alpha value is -1.43. The molecule has 2 aromatic carbocycles. The highest BCUT2D eigenvalue weighted by Gasteiger charge is 2.28. The lowest BCUT2D eigenvalue weighted by atomic mass is 10.1. The van der Waals surface area contributed by atoms with Crippen molar-refractivity contribution in [2.24, 2.45) is 0 Å². The first-order valence-electron chi connectivity index (χ1n) is 9.24. The monoisotopic (exact) mass is 360 g/mol. The molecule has 0 amide bonds. The molecule has 1 atom stereocenters. The minimum Gasteiger partial charge on any atom is -0.313 e. The highest BCUT2D eigenvalue weighted by atomic mass is 32.2. The van der Waals surface area contributed by atoms with Gasteiger partial charge in [-0.15, -0.1) is 0 Å². The lowest BCUT2D eigenvalue weighted by molar-refractivity contribution is 0.268. The van der Waals surface area contributed by atoms with Gasteiger partial charge in [0.2, 0.25) is 10.0 Å². The highest BCUT2D eigenvalue weighted by molar-refractivity contribution is 7.89. The molecule has 0 aliphatic carbocycles. The van der Waals surface area contributed by atoms with Crippen LogP contribution in [-0.4, -0.2) is 37.6 Å². The molecule has 1 heterocycles. The van der Waals surface area contributed by atoms with Gasteiger partial charge in [-0.3, -0.25) is 0 Å². The molecule has 0 unspecified atom stereocenters. The van der Waals surface area contributed by atoms with E-state index in [9.17, 15) is 8.42 Å². The molecule has 1 N–H and O–H groups in total. The molecule has 1 fully saturated rings. The number of sulfonamides is 1. The Morgan fingerprint density at radius 2 is 1.92 bits per heavy atom. The summed E-state index contributed by atoms with van der Waals surface area (Å²) < 4.78 is 26.7. The molecule has 0 aromatic heterocycles. The summed E-state index contributed by atoms with van der Waals surface area (Å²) in [5.74, 6) is 0.238. The lowest BCUT2D eigenvalue weighted by Gasteiger charge is -2.32. The fourth-order valence-corrected chi connectivity index (χ4v) is 5.37. The summed E-state index contributed by atoms with van der Waals surface area (Å²) in [5.41, 5.74) is 1.23. The fourth-order valence-electron chi connectivity index (χ4n) is 3.56. The van der Waals surface area contributed by atoms with Gasteiger partial charge in [0.05, 0.1) is 5.75 Å². The standard InChI is InChI=1S/C20H28N2O2S/c1-17-7-4-5-13-22(17)25(23,24)14-6-12-21-16-18-10-11-19-8-2-3-9-20(19)15-18/h2-3,8-11,15,17,21H,4-7,12-14,16H2,1H3/t17-/m0/s1. The predicted octanol–water partition coefficient (Wildman–Crippen LogP) is 3.52. The van der Waals surface area contributed by atoms with Gasteiger partial charge in [-0.25, -0.2) is 8.42 Å². The molecule has 136 valence electrons. The van der Waals surface area contributed by atoms with Gasteiger partial charge in [0.15, 0.2) is 0 Å². The van der Waals surface area contributed by atoms with Gasteiger partial charge in [0.1, 0.15) is 0 Å². The van der Waals surface area contributed by atoms with Crippen LogP contribution in [0.3, 0.4) is 0 Å². The van der Waals surface area contributed by atoms with E-state index in [0.29, 0.717) is 19.5 Å². The van der Waals surface area contributed by atoms with Crippen LogP contribution in [0, 0.1) is 0 Å². The molecule has 0 spiro atoms. The Kier molecular flexibility index (Phi) is 6.10. The topological polar surface area (TPSA) is 49.4 Å². The van der Waals surface area contributed by atoms with E-state index in [2.05, 4.69) is 35.6 Å². The van der Waals surface area contributed by atoms with Gasteiger partial charge < -0.3 is 5.32 Å². The zero-order valence-electron chi connectivity index (χ0n) is 14.9. The Morgan fingerprint density at radius 1 is 1.12 bits per heavy atom. The summed E-state index contributed by atoms with van der Waals surface area (Å²) >= 11 is 0. The summed E-state index contributed by atoms with van der Waals surface area (Å²) in [6.07, 6.45) is 3.77. The summed E-state index contributed by atoms with van der Waals surface area (Å²) in [6.45, 7) is 4.20. The zero-order valence-corrected chi connectivity index (χ0v) is 15.8. The third-order valence-corrected chi connectivity index (χ3v) is 7.06. The molecule has 3 rings (SSSR count). The lowest BCUT2D eigenvalue weighted by Crippen LogP contribution is -2.43. The maximum atomic E-state index is 12.5. The van der Waals surface area contributed by atoms with Crippen LogP contribution in [0.5, 0.6) is 0 Å². The maximum absolute atomic E-state index is 12.5. The average Bonchev–Trinajstić information content (AvgIpc) is 2.61. The summed E-state index contributed by atoms with van der Waals surface area (Å²) in [5, 5.41) is 5.85. The molecule has 0 saturated carbocycles. The van der Waals surface area contributed by atoms with Crippen LogP contribution < -0.4 is 5.32 Å². The van der Waals surface area contributed by atoms with Crippen molar-refractivity contribution in [3.05, 3.63) is 48.0 Å². The first-order valence-corrected chi connectivity index (χ1v) is 10.8. The van der Waals surface area contributed by atoms with Crippen LogP contribution in [0.4, 0.5) is 0 Å². The van der Waals surface area contributed by atoms with Crippen molar-refractivity contribution in [3.8, 4) is 0 Å². The van der Waals surface area contributed by atoms with Crippen molar-refractivity contribution in [2.75, 3.05) is 18.8 Å². The normalized spacial score (nSPS) is 19.3. The van der Waals surface area contributed by atoms with Crippen LogP contribution in [0.2, 0.25) is 0 Å². The Labute approximate surface area is 151 Å². The summed E-state index contributed by atoms with van der Waals surface area (Å²) in [6, 6.07) is 14.9. The maximum Gasteiger partial charge on any atom is 0.214 e. The van der Waals surface area contributed by atoms with E-state index in [4.69, 9.17) is 0 Å².